The second-order valence-electron chi connectivity index (χ2n) is 5.62. The highest BCUT2D eigenvalue weighted by atomic mass is 35.5. The molecule has 28 heavy (non-hydrogen) atoms. The molecule has 0 amide bonds. The molecule has 3 heterocycles. The fourth-order valence-electron chi connectivity index (χ4n) is 2.45. The van der Waals surface area contributed by atoms with Gasteiger partial charge in [0.05, 0.1) is 27.5 Å². The number of nitrogens with zero attached hydrogens (tertiary/aromatic N) is 3. The number of nitrogens with two attached hydrogens (primary N) is 1. The van der Waals surface area contributed by atoms with E-state index in [0.717, 1.165) is 4.88 Å². The molecule has 13 heteroatoms. The summed E-state index contributed by atoms with van der Waals surface area (Å²) in [5, 5.41) is 13.0. The minimum absolute atomic E-state index is 0.0631. The summed E-state index contributed by atoms with van der Waals surface area (Å²) in [5.74, 6) is -0.0625. The second-order valence-corrected chi connectivity index (χ2v) is 9.80. The van der Waals surface area contributed by atoms with Crippen LogP contribution >= 0.6 is 34.3 Å². The van der Waals surface area contributed by atoms with E-state index >= 15 is 0 Å². The van der Waals surface area contributed by atoms with Crippen LogP contribution in [-0.4, -0.2) is 23.6 Å². The van der Waals surface area contributed by atoms with Crippen LogP contribution < -0.4 is 9.86 Å². The van der Waals surface area contributed by atoms with Crippen LogP contribution in [0.1, 0.15) is 16.8 Å². The van der Waals surface area contributed by atoms with Gasteiger partial charge in [-0.3, -0.25) is 0 Å². The lowest BCUT2D eigenvalue weighted by Gasteiger charge is -2.00. The fraction of sp³-hybridized carbons (Fsp3) is 0.133. The van der Waals surface area contributed by atoms with Crippen molar-refractivity contribution in [3.63, 3.8) is 0 Å². The number of thiazole rings is 1. The Morgan fingerprint density at radius 2 is 1.96 bits per heavy atom. The van der Waals surface area contributed by atoms with Crippen LogP contribution in [0, 0.1) is 5.82 Å². The maximum atomic E-state index is 14.9. The van der Waals surface area contributed by atoms with E-state index in [9.17, 15) is 12.8 Å². The topological polar surface area (TPSA) is 124 Å². The van der Waals surface area contributed by atoms with Gasteiger partial charge in [-0.05, 0) is 24.3 Å². The Kier molecular flexibility index (Phi) is 5.16. The van der Waals surface area contributed by atoms with Crippen molar-refractivity contribution >= 4 is 54.7 Å². The Balaban J connectivity index is 1.57. The third-order valence-electron chi connectivity index (χ3n) is 3.62. The molecule has 0 saturated heterocycles. The number of thiophene rings is 1. The summed E-state index contributed by atoms with van der Waals surface area (Å²) >= 11 is 8.43. The summed E-state index contributed by atoms with van der Waals surface area (Å²) < 4.78 is 45.1. The first kappa shape index (κ1) is 19.4. The van der Waals surface area contributed by atoms with Crippen LogP contribution in [0.3, 0.4) is 0 Å². The van der Waals surface area contributed by atoms with Gasteiger partial charge in [-0.2, -0.15) is 13.1 Å². The zero-order chi connectivity index (χ0) is 19.9. The lowest BCUT2D eigenvalue weighted by atomic mass is 10.1. The van der Waals surface area contributed by atoms with E-state index in [1.54, 1.807) is 24.3 Å². The summed E-state index contributed by atoms with van der Waals surface area (Å²) in [5.41, 5.74) is 0.994. The predicted molar refractivity (Wildman–Crippen MR) is 105 cm³/mol. The van der Waals surface area contributed by atoms with Gasteiger partial charge in [0.2, 0.25) is 11.8 Å². The molecule has 4 aromatic rings. The third-order valence-corrected chi connectivity index (χ3v) is 6.49. The standard InChI is InChI=1S/C15H11ClFN5O3S3/c16-10-4-3-9(26-10)7-1-2-8-15(14(7)17)27-13(20-8)5-11-21-22-12(25-11)6-19-28(18,23)24/h1-4,19H,5-6H2,(H2,18,23,24). The second kappa shape index (κ2) is 7.46. The molecule has 0 aliphatic carbocycles. The number of hydrogen-bond donors (Lipinski definition) is 2. The van der Waals surface area contributed by atoms with Crippen molar-refractivity contribution in [2.75, 3.05) is 0 Å². The van der Waals surface area contributed by atoms with Gasteiger partial charge < -0.3 is 4.42 Å². The van der Waals surface area contributed by atoms with Crippen molar-refractivity contribution in [1.29, 1.82) is 0 Å². The summed E-state index contributed by atoms with van der Waals surface area (Å²) in [6.07, 6.45) is 0.196. The van der Waals surface area contributed by atoms with Gasteiger partial charge in [-0.1, -0.05) is 11.6 Å². The van der Waals surface area contributed by atoms with E-state index in [4.69, 9.17) is 21.2 Å². The van der Waals surface area contributed by atoms with Crippen LogP contribution in [0.4, 0.5) is 4.39 Å². The Hall–Kier alpha value is -1.96. The van der Waals surface area contributed by atoms with E-state index in [0.29, 0.717) is 25.1 Å². The van der Waals surface area contributed by atoms with Crippen LogP contribution in [0.25, 0.3) is 20.7 Å². The van der Waals surface area contributed by atoms with Crippen molar-refractivity contribution < 1.29 is 17.2 Å². The number of aromatic nitrogens is 3. The molecule has 0 aliphatic rings. The Labute approximate surface area is 171 Å². The molecule has 0 radical (unpaired) electrons. The molecule has 4 rings (SSSR count). The minimum atomic E-state index is -3.86. The molecule has 0 unspecified atom stereocenters. The summed E-state index contributed by atoms with van der Waals surface area (Å²) in [7, 11) is -3.86. The lowest BCUT2D eigenvalue weighted by molar-refractivity contribution is 0.451. The van der Waals surface area contributed by atoms with E-state index in [-0.39, 0.29) is 30.6 Å². The molecule has 0 aliphatic heterocycles. The average molecular weight is 460 g/mol. The largest absolute Gasteiger partial charge is 0.423 e. The van der Waals surface area contributed by atoms with E-state index in [2.05, 4.69) is 19.9 Å². The molecule has 146 valence electrons. The molecule has 0 saturated carbocycles. The van der Waals surface area contributed by atoms with E-state index in [1.165, 1.54) is 22.7 Å². The first-order valence-corrected chi connectivity index (χ1v) is 11.3. The van der Waals surface area contributed by atoms with Crippen LogP contribution in [0.15, 0.2) is 28.7 Å². The molecule has 1 aromatic carbocycles. The molecular weight excluding hydrogens is 449 g/mol. The fourth-order valence-corrected chi connectivity index (χ4v) is 4.83. The number of hydrogen-bond acceptors (Lipinski definition) is 8. The van der Waals surface area contributed by atoms with Crippen molar-refractivity contribution in [2.45, 2.75) is 13.0 Å². The van der Waals surface area contributed by atoms with Gasteiger partial charge in [-0.15, -0.1) is 32.9 Å². The first-order chi connectivity index (χ1) is 13.3. The monoisotopic (exact) mass is 459 g/mol. The van der Waals surface area contributed by atoms with Gasteiger partial charge >= 0.3 is 0 Å². The van der Waals surface area contributed by atoms with Crippen molar-refractivity contribution in [3.8, 4) is 10.4 Å². The van der Waals surface area contributed by atoms with Crippen molar-refractivity contribution in [1.82, 2.24) is 19.9 Å². The van der Waals surface area contributed by atoms with Gasteiger partial charge in [0.15, 0.2) is 5.82 Å². The number of rotatable bonds is 6. The molecule has 0 atom stereocenters. The van der Waals surface area contributed by atoms with Crippen LogP contribution in [0.2, 0.25) is 4.34 Å². The molecule has 0 fully saturated rings. The zero-order valence-electron chi connectivity index (χ0n) is 13.8. The van der Waals surface area contributed by atoms with Gasteiger partial charge in [0.25, 0.3) is 10.2 Å². The third kappa shape index (κ3) is 4.21. The van der Waals surface area contributed by atoms with Gasteiger partial charge in [0, 0.05) is 10.4 Å². The summed E-state index contributed by atoms with van der Waals surface area (Å²) in [4.78, 5) is 5.14. The lowest BCUT2D eigenvalue weighted by Crippen LogP contribution is -2.30. The maximum Gasteiger partial charge on any atom is 0.274 e. The number of benzene rings is 1. The average Bonchev–Trinajstić information content (AvgIpc) is 3.33. The molecular formula is C15H11ClFN5O3S3. The summed E-state index contributed by atoms with van der Waals surface area (Å²) in [6.45, 7) is -0.215. The number of fused-ring (bicyclic) bond motifs is 1. The van der Waals surface area contributed by atoms with Gasteiger partial charge in [-0.25, -0.2) is 14.5 Å². The number of halogens is 2. The maximum absolute atomic E-state index is 14.9. The molecule has 8 nitrogen and oxygen atoms in total. The Bertz CT molecular complexity index is 1270. The Morgan fingerprint density at radius 1 is 1.18 bits per heavy atom. The smallest absolute Gasteiger partial charge is 0.274 e. The van der Waals surface area contributed by atoms with E-state index < -0.39 is 10.2 Å². The SMILES string of the molecule is NS(=O)(=O)NCc1nnc(Cc2nc3ccc(-c4ccc(Cl)s4)c(F)c3s2)o1. The highest BCUT2D eigenvalue weighted by Crippen LogP contribution is 2.37. The van der Waals surface area contributed by atoms with Crippen molar-refractivity contribution in [3.05, 3.63) is 51.2 Å². The normalized spacial score (nSPS) is 12.1. The quantitative estimate of drug-likeness (QED) is 0.456. The minimum Gasteiger partial charge on any atom is -0.423 e. The predicted octanol–water partition coefficient (Wildman–Crippen LogP) is 3.08. The molecule has 3 aromatic heterocycles. The highest BCUT2D eigenvalue weighted by molar-refractivity contribution is 7.87. The van der Waals surface area contributed by atoms with E-state index in [1.807, 2.05) is 0 Å². The molecule has 3 N–H and O–H groups in total. The zero-order valence-corrected chi connectivity index (χ0v) is 17.1. The highest BCUT2D eigenvalue weighted by Gasteiger charge is 2.17. The van der Waals surface area contributed by atoms with Crippen molar-refractivity contribution in [2.24, 2.45) is 5.14 Å². The Morgan fingerprint density at radius 3 is 2.68 bits per heavy atom. The molecule has 0 bridgehead atoms. The van der Waals surface area contributed by atoms with Crippen LogP contribution in [0.5, 0.6) is 0 Å². The first-order valence-electron chi connectivity index (χ1n) is 7.71. The number of nitrogens with one attached hydrogen (secondary N) is 1. The summed E-state index contributed by atoms with van der Waals surface area (Å²) in [6, 6.07) is 6.92. The molecule has 0 spiro atoms. The van der Waals surface area contributed by atoms with Gasteiger partial charge in [0.1, 0.15) is 5.01 Å². The van der Waals surface area contributed by atoms with Crippen LogP contribution in [-0.2, 0) is 23.2 Å².